The van der Waals surface area contributed by atoms with Crippen LogP contribution >= 0.6 is 23.2 Å². The van der Waals surface area contributed by atoms with Crippen molar-refractivity contribution in [3.05, 3.63) is 113 Å². The van der Waals surface area contributed by atoms with Gasteiger partial charge in [-0.05, 0) is 47.5 Å². The monoisotopic (exact) mass is 666 g/mol. The highest BCUT2D eigenvalue weighted by atomic mass is 35.5. The lowest BCUT2D eigenvalue weighted by atomic mass is 9.98. The van der Waals surface area contributed by atoms with Crippen molar-refractivity contribution < 1.29 is 40.9 Å². The molecule has 0 aliphatic heterocycles. The zero-order valence-corrected chi connectivity index (χ0v) is 23.1. The van der Waals surface area contributed by atoms with Gasteiger partial charge in [-0.2, -0.15) is 36.9 Å². The Balaban J connectivity index is 1.96. The highest BCUT2D eigenvalue weighted by molar-refractivity contribution is 6.34. The topological polar surface area (TPSA) is 143 Å². The van der Waals surface area contributed by atoms with Gasteiger partial charge in [0.2, 0.25) is 0 Å². The van der Waals surface area contributed by atoms with Gasteiger partial charge in [0.15, 0.2) is 11.1 Å². The quantitative estimate of drug-likeness (QED) is 0.113. The van der Waals surface area contributed by atoms with Gasteiger partial charge in [0.05, 0.1) is 32.1 Å². The molecular weight excluding hydrogens is 657 g/mol. The fraction of sp³-hybridized carbons (Fsp3) is 0.0714. The minimum Gasteiger partial charge on any atom is -0.454 e. The van der Waals surface area contributed by atoms with E-state index in [1.54, 1.807) is 0 Å². The molecule has 4 aromatic rings. The molecule has 0 atom stereocenters. The summed E-state index contributed by atoms with van der Waals surface area (Å²) in [7, 11) is 0. The second-order valence-electron chi connectivity index (χ2n) is 8.91. The molecule has 9 nitrogen and oxygen atoms in total. The molecule has 0 unspecified atom stereocenters. The molecule has 0 saturated carbocycles. The summed E-state index contributed by atoms with van der Waals surface area (Å²) < 4.78 is 84.3. The molecule has 17 heteroatoms. The van der Waals surface area contributed by atoms with E-state index in [0.717, 1.165) is 36.4 Å². The van der Waals surface area contributed by atoms with E-state index in [4.69, 9.17) is 27.9 Å². The van der Waals surface area contributed by atoms with Gasteiger partial charge in [-0.15, -0.1) is 0 Å². The number of alkyl halides is 6. The molecule has 0 heterocycles. The minimum absolute atomic E-state index is 0.161. The van der Waals surface area contributed by atoms with Crippen LogP contribution < -0.4 is 4.74 Å². The van der Waals surface area contributed by atoms with Gasteiger partial charge in [0.1, 0.15) is 33.7 Å². The summed E-state index contributed by atoms with van der Waals surface area (Å²) in [5.41, 5.74) is -6.59. The molecule has 0 fully saturated rings. The molecule has 0 radical (unpaired) electrons. The number of nitrogens with zero attached hydrogens (tertiary/aromatic N) is 4. The number of halogens is 8. The number of nitro groups is 2. The maximum Gasteiger partial charge on any atom is 0.416 e. The van der Waals surface area contributed by atoms with Gasteiger partial charge in [-0.3, -0.25) is 20.2 Å². The summed E-state index contributed by atoms with van der Waals surface area (Å²) in [6, 6.07) is 11.1. The molecule has 0 saturated heterocycles. The summed E-state index contributed by atoms with van der Waals surface area (Å²) in [6.45, 7) is 0. The van der Waals surface area contributed by atoms with Gasteiger partial charge in [-0.1, -0.05) is 47.5 Å². The Kier molecular flexibility index (Phi) is 8.64. The molecule has 0 amide bonds. The van der Waals surface area contributed by atoms with Crippen molar-refractivity contribution in [1.82, 2.24) is 0 Å². The average Bonchev–Trinajstić information content (AvgIpc) is 2.97. The van der Waals surface area contributed by atoms with Crippen LogP contribution in [0.5, 0.6) is 11.5 Å². The molecule has 0 spiro atoms. The number of hydrogen-bond acceptors (Lipinski definition) is 7. The Morgan fingerprint density at radius 1 is 0.644 bits per heavy atom. The van der Waals surface area contributed by atoms with Crippen molar-refractivity contribution in [2.24, 2.45) is 0 Å². The summed E-state index contributed by atoms with van der Waals surface area (Å²) in [5.74, 6) is -1.07. The first-order valence-electron chi connectivity index (χ1n) is 11.8. The maximum absolute atomic E-state index is 13.1. The number of ether oxygens (including phenoxy) is 1. The summed E-state index contributed by atoms with van der Waals surface area (Å²) in [6.07, 6.45) is -9.46. The number of rotatable bonds is 6. The number of nitriles is 2. The fourth-order valence-electron chi connectivity index (χ4n) is 4.22. The average molecular weight is 667 g/mol. The largest absolute Gasteiger partial charge is 0.454 e. The van der Waals surface area contributed by atoms with Crippen molar-refractivity contribution in [3.8, 4) is 45.9 Å². The van der Waals surface area contributed by atoms with Crippen LogP contribution in [0.2, 0.25) is 10.0 Å². The Bertz CT molecular complexity index is 1810. The molecule has 4 rings (SSSR count). The van der Waals surface area contributed by atoms with E-state index in [1.807, 2.05) is 0 Å². The maximum atomic E-state index is 13.1. The highest BCUT2D eigenvalue weighted by Crippen LogP contribution is 2.48. The SMILES string of the molecule is N#Cc1c(Cl)c(Oc2cc(-c3ccc(C(F)(F)F)cc3)c([N+](=O)[O-])c(C#N)c2Cl)cc(-c2ccc(C(F)(F)F)cc2)c1[N+](=O)[O-]. The molecule has 0 aliphatic rings. The molecule has 228 valence electrons. The second-order valence-corrected chi connectivity index (χ2v) is 9.67. The van der Waals surface area contributed by atoms with Gasteiger partial charge in [0, 0.05) is 0 Å². The van der Waals surface area contributed by atoms with Gasteiger partial charge in [0.25, 0.3) is 11.4 Å². The van der Waals surface area contributed by atoms with Crippen molar-refractivity contribution >= 4 is 34.6 Å². The third kappa shape index (κ3) is 6.31. The van der Waals surface area contributed by atoms with Crippen LogP contribution in [0.25, 0.3) is 22.3 Å². The predicted octanol–water partition coefficient (Wildman–Crippen LogP) is 9.72. The Labute approximate surface area is 257 Å². The van der Waals surface area contributed by atoms with E-state index in [1.165, 1.54) is 12.1 Å². The number of hydrogen-bond donors (Lipinski definition) is 0. The zero-order valence-electron chi connectivity index (χ0n) is 21.6. The third-order valence-electron chi connectivity index (χ3n) is 6.26. The lowest BCUT2D eigenvalue weighted by molar-refractivity contribution is -0.384. The van der Waals surface area contributed by atoms with Crippen molar-refractivity contribution in [2.45, 2.75) is 12.4 Å². The minimum atomic E-state index is -4.73. The summed E-state index contributed by atoms with van der Waals surface area (Å²) in [5, 5.41) is 41.9. The van der Waals surface area contributed by atoms with E-state index >= 15 is 0 Å². The van der Waals surface area contributed by atoms with Gasteiger partial charge in [-0.25, -0.2) is 0 Å². The Morgan fingerprint density at radius 2 is 0.956 bits per heavy atom. The van der Waals surface area contributed by atoms with Crippen LogP contribution in [-0.4, -0.2) is 9.85 Å². The van der Waals surface area contributed by atoms with Crippen LogP contribution in [0, 0.1) is 42.9 Å². The first-order valence-corrected chi connectivity index (χ1v) is 12.6. The predicted molar refractivity (Wildman–Crippen MR) is 147 cm³/mol. The lowest BCUT2D eigenvalue weighted by Crippen LogP contribution is -2.05. The van der Waals surface area contributed by atoms with Crippen molar-refractivity contribution in [3.63, 3.8) is 0 Å². The fourth-order valence-corrected chi connectivity index (χ4v) is 4.67. The van der Waals surface area contributed by atoms with E-state index < -0.39 is 88.5 Å². The van der Waals surface area contributed by atoms with Crippen molar-refractivity contribution in [2.75, 3.05) is 0 Å². The highest BCUT2D eigenvalue weighted by Gasteiger charge is 2.34. The molecule has 0 aliphatic carbocycles. The molecule has 0 bridgehead atoms. The zero-order chi connectivity index (χ0) is 33.4. The second kappa shape index (κ2) is 12.0. The lowest BCUT2D eigenvalue weighted by Gasteiger charge is -2.16. The molecule has 0 aromatic heterocycles. The van der Waals surface area contributed by atoms with E-state index in [-0.39, 0.29) is 11.1 Å². The molecule has 45 heavy (non-hydrogen) atoms. The van der Waals surface area contributed by atoms with Crippen LogP contribution in [0.3, 0.4) is 0 Å². The Hall–Kier alpha value is -5.38. The van der Waals surface area contributed by atoms with Gasteiger partial charge < -0.3 is 4.74 Å². The van der Waals surface area contributed by atoms with Gasteiger partial charge >= 0.3 is 12.4 Å². The standard InChI is InChI=1S/C28H10Cl2F6N4O5/c29-23-19(11-37)25(39(41)42)17(13-1-5-15(6-2-13)27(31,32)33)9-21(23)45-22-10-18(26(40(43)44)20(12-38)24(22)30)14-3-7-16(8-4-14)28(34,35)36/h1-10H. The molecule has 0 N–H and O–H groups in total. The van der Waals surface area contributed by atoms with Crippen LogP contribution in [-0.2, 0) is 12.4 Å². The van der Waals surface area contributed by atoms with E-state index in [0.29, 0.717) is 24.3 Å². The Morgan fingerprint density at radius 3 is 1.20 bits per heavy atom. The number of benzene rings is 4. The number of nitro benzene ring substituents is 2. The third-order valence-corrected chi connectivity index (χ3v) is 7.01. The first kappa shape index (κ1) is 32.5. The van der Waals surface area contributed by atoms with E-state index in [2.05, 4.69) is 0 Å². The van der Waals surface area contributed by atoms with Crippen molar-refractivity contribution in [1.29, 1.82) is 10.5 Å². The van der Waals surface area contributed by atoms with Crippen LogP contribution in [0.4, 0.5) is 37.7 Å². The first-order chi connectivity index (χ1) is 21.0. The summed E-state index contributed by atoms with van der Waals surface area (Å²) in [4.78, 5) is 21.9. The summed E-state index contributed by atoms with van der Waals surface area (Å²) >= 11 is 12.5. The normalized spacial score (nSPS) is 11.4. The van der Waals surface area contributed by atoms with E-state index in [9.17, 15) is 57.1 Å². The molecule has 4 aromatic carbocycles. The smallest absolute Gasteiger partial charge is 0.416 e. The van der Waals surface area contributed by atoms with Crippen LogP contribution in [0.15, 0.2) is 60.7 Å². The molecular formula is C28H10Cl2F6N4O5. The van der Waals surface area contributed by atoms with Crippen LogP contribution in [0.1, 0.15) is 22.3 Å².